The number of para-hydroxylation sites is 1. The van der Waals surface area contributed by atoms with Crippen LogP contribution >= 0.6 is 0 Å². The average molecular weight is 271 g/mol. The van der Waals surface area contributed by atoms with Gasteiger partial charge >= 0.3 is 0 Å². The molecule has 2 aromatic rings. The van der Waals surface area contributed by atoms with Crippen molar-refractivity contribution in [3.8, 4) is 0 Å². The van der Waals surface area contributed by atoms with Crippen molar-refractivity contribution in [3.63, 3.8) is 0 Å². The number of unbranched alkanes of at least 4 members (excludes halogenated alkanes) is 1. The van der Waals surface area contributed by atoms with Gasteiger partial charge in [-0.3, -0.25) is 0 Å². The van der Waals surface area contributed by atoms with E-state index in [9.17, 15) is 0 Å². The second kappa shape index (κ2) is 6.45. The Balaban J connectivity index is 1.70. The molecule has 0 unspecified atom stereocenters. The van der Waals surface area contributed by atoms with Gasteiger partial charge in [-0.1, -0.05) is 44.4 Å². The molecule has 1 aliphatic rings. The summed E-state index contributed by atoms with van der Waals surface area (Å²) >= 11 is 0. The van der Waals surface area contributed by atoms with Crippen LogP contribution in [-0.2, 0) is 13.0 Å². The van der Waals surface area contributed by atoms with Gasteiger partial charge in [0.2, 0.25) is 0 Å². The summed E-state index contributed by atoms with van der Waals surface area (Å²) in [4.78, 5) is 0. The van der Waals surface area contributed by atoms with Crippen molar-refractivity contribution in [2.45, 2.75) is 52.0 Å². The first-order valence-corrected chi connectivity index (χ1v) is 8.08. The van der Waals surface area contributed by atoms with Crippen molar-refractivity contribution in [1.82, 2.24) is 5.32 Å². The Hall–Kier alpha value is -1.28. The van der Waals surface area contributed by atoms with Gasteiger partial charge in [-0.05, 0) is 31.4 Å². The second-order valence-corrected chi connectivity index (χ2v) is 6.01. The highest BCUT2D eigenvalue weighted by Crippen LogP contribution is 2.32. The summed E-state index contributed by atoms with van der Waals surface area (Å²) in [6, 6.07) is 8.43. The van der Waals surface area contributed by atoms with Crippen molar-refractivity contribution in [2.75, 3.05) is 6.54 Å². The minimum absolute atomic E-state index is 0.947. The molecule has 0 spiro atoms. The van der Waals surface area contributed by atoms with Gasteiger partial charge in [-0.15, -0.1) is 0 Å². The summed E-state index contributed by atoms with van der Waals surface area (Å²) in [5.74, 6) is 2.19. The Morgan fingerprint density at radius 2 is 2.10 bits per heavy atom. The number of aryl methyl sites for hydroxylation is 1. The Kier molecular flexibility index (Phi) is 4.41. The zero-order valence-electron chi connectivity index (χ0n) is 12.5. The molecule has 0 radical (unpaired) electrons. The standard InChI is InChI=1S/C18H25NO/c1-2-3-7-18-16(13-19-12-11-14-9-10-14)15-6-4-5-8-17(15)20-18/h4-6,8,14,19H,2-3,7,9-13H2,1H3. The number of rotatable bonds is 8. The van der Waals surface area contributed by atoms with E-state index in [0.717, 1.165) is 31.0 Å². The fourth-order valence-corrected chi connectivity index (χ4v) is 2.81. The quantitative estimate of drug-likeness (QED) is 0.706. The Bertz CT molecular complexity index is 554. The van der Waals surface area contributed by atoms with Crippen LogP contribution in [0.25, 0.3) is 11.0 Å². The smallest absolute Gasteiger partial charge is 0.134 e. The molecule has 1 fully saturated rings. The van der Waals surface area contributed by atoms with Crippen LogP contribution in [0.15, 0.2) is 28.7 Å². The van der Waals surface area contributed by atoms with E-state index in [-0.39, 0.29) is 0 Å². The monoisotopic (exact) mass is 271 g/mol. The number of hydrogen-bond donors (Lipinski definition) is 1. The van der Waals surface area contributed by atoms with Crippen LogP contribution in [0.1, 0.15) is 50.4 Å². The summed E-state index contributed by atoms with van der Waals surface area (Å²) < 4.78 is 6.05. The van der Waals surface area contributed by atoms with Gasteiger partial charge in [-0.2, -0.15) is 0 Å². The van der Waals surface area contributed by atoms with Gasteiger partial charge in [0.15, 0.2) is 0 Å². The molecule has 20 heavy (non-hydrogen) atoms. The molecule has 108 valence electrons. The van der Waals surface area contributed by atoms with E-state index in [2.05, 4.69) is 36.5 Å². The predicted octanol–water partition coefficient (Wildman–Crippen LogP) is 4.67. The van der Waals surface area contributed by atoms with Crippen LogP contribution in [0.2, 0.25) is 0 Å². The topological polar surface area (TPSA) is 25.2 Å². The third-order valence-corrected chi connectivity index (χ3v) is 4.27. The molecule has 0 bridgehead atoms. The van der Waals surface area contributed by atoms with Crippen molar-refractivity contribution in [1.29, 1.82) is 0 Å². The first-order chi connectivity index (χ1) is 9.88. The first kappa shape index (κ1) is 13.7. The fraction of sp³-hybridized carbons (Fsp3) is 0.556. The van der Waals surface area contributed by atoms with Crippen LogP contribution in [0.5, 0.6) is 0 Å². The molecule has 0 amide bonds. The molecule has 2 heteroatoms. The van der Waals surface area contributed by atoms with Gasteiger partial charge in [0.05, 0.1) is 0 Å². The minimum Gasteiger partial charge on any atom is -0.461 e. The van der Waals surface area contributed by atoms with Crippen molar-refractivity contribution in [2.24, 2.45) is 5.92 Å². The lowest BCUT2D eigenvalue weighted by molar-refractivity contribution is 0.522. The molecule has 1 saturated carbocycles. The maximum atomic E-state index is 6.05. The summed E-state index contributed by atoms with van der Waals surface area (Å²) in [6.45, 7) is 4.32. The third kappa shape index (κ3) is 3.24. The van der Waals surface area contributed by atoms with E-state index in [1.165, 1.54) is 48.8 Å². The van der Waals surface area contributed by atoms with E-state index in [1.807, 2.05) is 0 Å². The highest BCUT2D eigenvalue weighted by molar-refractivity contribution is 5.82. The Morgan fingerprint density at radius 3 is 2.90 bits per heavy atom. The zero-order valence-corrected chi connectivity index (χ0v) is 12.5. The van der Waals surface area contributed by atoms with Gasteiger partial charge in [0.25, 0.3) is 0 Å². The van der Waals surface area contributed by atoms with Crippen LogP contribution in [0, 0.1) is 5.92 Å². The zero-order chi connectivity index (χ0) is 13.8. The molecule has 1 aromatic heterocycles. The number of fused-ring (bicyclic) bond motifs is 1. The molecular weight excluding hydrogens is 246 g/mol. The summed E-state index contributed by atoms with van der Waals surface area (Å²) in [7, 11) is 0. The largest absolute Gasteiger partial charge is 0.461 e. The maximum Gasteiger partial charge on any atom is 0.134 e. The molecule has 1 N–H and O–H groups in total. The van der Waals surface area contributed by atoms with E-state index in [4.69, 9.17) is 4.42 Å². The molecule has 0 saturated heterocycles. The molecule has 1 aromatic carbocycles. The lowest BCUT2D eigenvalue weighted by atomic mass is 10.1. The SMILES string of the molecule is CCCCc1oc2ccccc2c1CNCCC1CC1. The van der Waals surface area contributed by atoms with E-state index in [0.29, 0.717) is 0 Å². The first-order valence-electron chi connectivity index (χ1n) is 8.08. The summed E-state index contributed by atoms with van der Waals surface area (Å²) in [6.07, 6.45) is 7.70. The van der Waals surface area contributed by atoms with Gasteiger partial charge in [-0.25, -0.2) is 0 Å². The predicted molar refractivity (Wildman–Crippen MR) is 83.9 cm³/mol. The molecule has 3 rings (SSSR count). The number of nitrogens with one attached hydrogen (secondary N) is 1. The van der Waals surface area contributed by atoms with E-state index >= 15 is 0 Å². The normalized spacial score (nSPS) is 15.1. The van der Waals surface area contributed by atoms with Crippen LogP contribution in [0.3, 0.4) is 0 Å². The molecule has 0 atom stereocenters. The third-order valence-electron chi connectivity index (χ3n) is 4.27. The lowest BCUT2D eigenvalue weighted by Crippen LogP contribution is -2.15. The van der Waals surface area contributed by atoms with Crippen molar-refractivity contribution < 1.29 is 4.42 Å². The average Bonchev–Trinajstić information content (AvgIpc) is 3.23. The minimum atomic E-state index is 0.947. The molecule has 2 nitrogen and oxygen atoms in total. The summed E-state index contributed by atoms with van der Waals surface area (Å²) in [5.41, 5.74) is 2.42. The van der Waals surface area contributed by atoms with Crippen molar-refractivity contribution >= 4 is 11.0 Å². The Labute approximate surface area is 121 Å². The molecule has 1 aliphatic carbocycles. The Morgan fingerprint density at radius 1 is 1.25 bits per heavy atom. The lowest BCUT2D eigenvalue weighted by Gasteiger charge is -2.05. The highest BCUT2D eigenvalue weighted by atomic mass is 16.3. The molecular formula is C18H25NO. The van der Waals surface area contributed by atoms with Crippen LogP contribution in [0.4, 0.5) is 0 Å². The van der Waals surface area contributed by atoms with Crippen molar-refractivity contribution in [3.05, 3.63) is 35.6 Å². The van der Waals surface area contributed by atoms with E-state index < -0.39 is 0 Å². The fourth-order valence-electron chi connectivity index (χ4n) is 2.81. The molecule has 1 heterocycles. The number of hydrogen-bond acceptors (Lipinski definition) is 2. The van der Waals surface area contributed by atoms with Crippen LogP contribution in [-0.4, -0.2) is 6.54 Å². The van der Waals surface area contributed by atoms with Gasteiger partial charge < -0.3 is 9.73 Å². The van der Waals surface area contributed by atoms with Gasteiger partial charge in [0.1, 0.15) is 11.3 Å². The maximum absolute atomic E-state index is 6.05. The van der Waals surface area contributed by atoms with E-state index in [1.54, 1.807) is 0 Å². The highest BCUT2D eigenvalue weighted by Gasteiger charge is 2.20. The summed E-state index contributed by atoms with van der Waals surface area (Å²) in [5, 5.41) is 4.90. The van der Waals surface area contributed by atoms with Gasteiger partial charge in [0, 0.05) is 23.9 Å². The number of furan rings is 1. The second-order valence-electron chi connectivity index (χ2n) is 6.01. The number of benzene rings is 1. The van der Waals surface area contributed by atoms with Crippen LogP contribution < -0.4 is 5.32 Å². The molecule has 0 aliphatic heterocycles.